The normalized spacial score (nSPS) is 16.5. The minimum absolute atomic E-state index is 0.0602. The van der Waals surface area contributed by atoms with E-state index in [-0.39, 0.29) is 11.0 Å². The second-order valence-electron chi connectivity index (χ2n) is 6.21. The molecule has 8 heteroatoms. The molecule has 144 valence electrons. The van der Waals surface area contributed by atoms with Gasteiger partial charge in [0.25, 0.3) is 0 Å². The topological polar surface area (TPSA) is 91.8 Å². The molecule has 7 nitrogen and oxygen atoms in total. The van der Waals surface area contributed by atoms with Crippen LogP contribution in [0.4, 0.5) is 0 Å². The first kappa shape index (κ1) is 19.2. The lowest BCUT2D eigenvalue weighted by atomic mass is 10.1. The number of fused-ring (bicyclic) bond motifs is 1. The highest BCUT2D eigenvalue weighted by atomic mass is 32.2. The average molecular weight is 388 g/mol. The first-order valence-electron chi connectivity index (χ1n) is 8.73. The fourth-order valence-corrected chi connectivity index (χ4v) is 3.73. The van der Waals surface area contributed by atoms with Crippen LogP contribution in [0.25, 0.3) is 0 Å². The maximum Gasteiger partial charge on any atom is 0.240 e. The second-order valence-corrected chi connectivity index (χ2v) is 8.10. The Morgan fingerprint density at radius 3 is 2.74 bits per heavy atom. The van der Waals surface area contributed by atoms with E-state index in [9.17, 15) is 8.42 Å². The summed E-state index contributed by atoms with van der Waals surface area (Å²) in [6.45, 7) is 1.08. The molecule has 0 fully saturated rings. The Labute approximate surface area is 159 Å². The molecule has 1 unspecified atom stereocenters. The molecule has 3 rings (SSSR count). The highest BCUT2D eigenvalue weighted by Crippen LogP contribution is 2.27. The van der Waals surface area contributed by atoms with Gasteiger partial charge in [-0.15, -0.1) is 0 Å². The lowest BCUT2D eigenvalue weighted by Crippen LogP contribution is -2.41. The number of guanidine groups is 1. The molecule has 0 spiro atoms. The molecule has 0 bridgehead atoms. The van der Waals surface area contributed by atoms with Crippen LogP contribution in [0.2, 0.25) is 0 Å². The smallest absolute Gasteiger partial charge is 0.240 e. The number of hydrogen-bond donors (Lipinski definition) is 3. The average Bonchev–Trinajstić information content (AvgIpc) is 3.11. The minimum Gasteiger partial charge on any atom is -0.488 e. The van der Waals surface area contributed by atoms with Crippen molar-refractivity contribution < 1.29 is 13.2 Å². The molecule has 0 saturated heterocycles. The van der Waals surface area contributed by atoms with Crippen molar-refractivity contribution in [1.29, 1.82) is 0 Å². The number of rotatable bonds is 6. The summed E-state index contributed by atoms with van der Waals surface area (Å²) in [5.74, 6) is 1.58. The number of nitrogens with one attached hydrogen (secondary N) is 3. The molecule has 0 aromatic heterocycles. The van der Waals surface area contributed by atoms with E-state index in [1.807, 2.05) is 24.3 Å². The summed E-state index contributed by atoms with van der Waals surface area (Å²) in [7, 11) is -0.358. The molecule has 0 amide bonds. The molecule has 0 radical (unpaired) electrons. The van der Waals surface area contributed by atoms with Crippen molar-refractivity contribution in [2.75, 3.05) is 20.6 Å². The van der Waals surface area contributed by atoms with Crippen LogP contribution in [0.3, 0.4) is 0 Å². The summed E-state index contributed by atoms with van der Waals surface area (Å²) in [5.41, 5.74) is 2.06. The lowest BCUT2D eigenvalue weighted by Gasteiger charge is -2.16. The van der Waals surface area contributed by atoms with Gasteiger partial charge < -0.3 is 15.4 Å². The second kappa shape index (κ2) is 8.41. The Morgan fingerprint density at radius 2 is 2.00 bits per heavy atom. The van der Waals surface area contributed by atoms with Crippen LogP contribution < -0.4 is 20.1 Å². The monoisotopic (exact) mass is 388 g/mol. The molecule has 27 heavy (non-hydrogen) atoms. The van der Waals surface area contributed by atoms with Crippen LogP contribution in [0.5, 0.6) is 5.75 Å². The summed E-state index contributed by atoms with van der Waals surface area (Å²) in [5, 5.41) is 6.45. The molecule has 1 atom stereocenters. The Hall–Kier alpha value is -2.58. The van der Waals surface area contributed by atoms with Crippen LogP contribution in [-0.4, -0.2) is 41.1 Å². The zero-order chi connectivity index (χ0) is 19.3. The zero-order valence-corrected chi connectivity index (χ0v) is 16.2. The van der Waals surface area contributed by atoms with Crippen molar-refractivity contribution in [3.8, 4) is 5.75 Å². The van der Waals surface area contributed by atoms with E-state index in [1.54, 1.807) is 25.2 Å². The van der Waals surface area contributed by atoms with Gasteiger partial charge in [-0.05, 0) is 36.4 Å². The van der Waals surface area contributed by atoms with Crippen molar-refractivity contribution in [3.63, 3.8) is 0 Å². The van der Waals surface area contributed by atoms with Gasteiger partial charge in [0, 0.05) is 20.0 Å². The van der Waals surface area contributed by atoms with Crippen molar-refractivity contribution in [2.24, 2.45) is 4.99 Å². The van der Waals surface area contributed by atoms with Crippen LogP contribution in [-0.2, 0) is 23.0 Å². The predicted molar refractivity (Wildman–Crippen MR) is 105 cm³/mol. The Balaban J connectivity index is 1.52. The van der Waals surface area contributed by atoms with E-state index < -0.39 is 10.0 Å². The van der Waals surface area contributed by atoms with Crippen LogP contribution >= 0.6 is 0 Å². The van der Waals surface area contributed by atoms with Gasteiger partial charge in [-0.25, -0.2) is 13.1 Å². The number of benzene rings is 2. The van der Waals surface area contributed by atoms with Gasteiger partial charge in [-0.2, -0.15) is 0 Å². The quantitative estimate of drug-likeness (QED) is 0.512. The van der Waals surface area contributed by atoms with Crippen molar-refractivity contribution in [1.82, 2.24) is 15.4 Å². The van der Waals surface area contributed by atoms with Gasteiger partial charge in [0.15, 0.2) is 5.96 Å². The van der Waals surface area contributed by atoms with Gasteiger partial charge in [0.2, 0.25) is 10.0 Å². The van der Waals surface area contributed by atoms with Gasteiger partial charge in [-0.3, -0.25) is 4.99 Å². The third kappa shape index (κ3) is 4.78. The number of para-hydroxylation sites is 1. The first-order chi connectivity index (χ1) is 13.0. The van der Waals surface area contributed by atoms with Gasteiger partial charge in [-0.1, -0.05) is 30.3 Å². The number of sulfonamides is 1. The molecule has 1 heterocycles. The van der Waals surface area contributed by atoms with E-state index in [1.165, 1.54) is 12.6 Å². The minimum atomic E-state index is -3.45. The van der Waals surface area contributed by atoms with E-state index in [0.29, 0.717) is 19.0 Å². The molecule has 1 aliphatic rings. The van der Waals surface area contributed by atoms with Gasteiger partial charge in [0.1, 0.15) is 11.9 Å². The van der Waals surface area contributed by atoms with Crippen molar-refractivity contribution in [2.45, 2.75) is 24.0 Å². The van der Waals surface area contributed by atoms with Crippen LogP contribution in [0, 0.1) is 0 Å². The number of nitrogens with zero attached hydrogens (tertiary/aromatic N) is 1. The van der Waals surface area contributed by atoms with Crippen molar-refractivity contribution >= 4 is 16.0 Å². The highest BCUT2D eigenvalue weighted by Gasteiger charge is 2.22. The molecule has 1 aliphatic heterocycles. The summed E-state index contributed by atoms with van der Waals surface area (Å²) < 4.78 is 32.1. The van der Waals surface area contributed by atoms with Crippen molar-refractivity contribution in [3.05, 3.63) is 59.7 Å². The maximum atomic E-state index is 11.9. The molecule has 0 saturated carbocycles. The molecule has 0 aliphatic carbocycles. The Kier molecular flexibility index (Phi) is 5.98. The Bertz CT molecular complexity index is 903. The standard InChI is InChI=1S/C19H24N4O3S/c1-20-19(23-13-16-11-15-7-3-4-9-18(15)26-16)22-12-14-6-5-8-17(10-14)27(24,25)21-2/h3-10,16,21H,11-13H2,1-2H3,(H2,20,22,23). The molecule has 3 N–H and O–H groups in total. The van der Waals surface area contributed by atoms with E-state index in [0.717, 1.165) is 17.7 Å². The fourth-order valence-electron chi connectivity index (χ4n) is 2.93. The molecule has 2 aromatic carbocycles. The number of ether oxygens (including phenoxy) is 1. The fraction of sp³-hybridized carbons (Fsp3) is 0.316. The summed E-state index contributed by atoms with van der Waals surface area (Å²) in [4.78, 5) is 4.45. The van der Waals surface area contributed by atoms with E-state index in [4.69, 9.17) is 4.74 Å². The van der Waals surface area contributed by atoms with Crippen LogP contribution in [0.1, 0.15) is 11.1 Å². The third-order valence-corrected chi connectivity index (χ3v) is 5.78. The predicted octanol–water partition coefficient (Wildman–Crippen LogP) is 1.26. The van der Waals surface area contributed by atoms with Crippen LogP contribution in [0.15, 0.2) is 58.4 Å². The summed E-state index contributed by atoms with van der Waals surface area (Å²) in [6.07, 6.45) is 0.925. The highest BCUT2D eigenvalue weighted by molar-refractivity contribution is 7.89. The van der Waals surface area contributed by atoms with E-state index in [2.05, 4.69) is 26.4 Å². The van der Waals surface area contributed by atoms with Gasteiger partial charge >= 0.3 is 0 Å². The molecule has 2 aromatic rings. The molecular formula is C19H24N4O3S. The first-order valence-corrected chi connectivity index (χ1v) is 10.2. The summed E-state index contributed by atoms with van der Waals surface area (Å²) in [6, 6.07) is 14.8. The maximum absolute atomic E-state index is 11.9. The Morgan fingerprint density at radius 1 is 1.19 bits per heavy atom. The number of aliphatic imine (C=N–C) groups is 1. The SMILES string of the molecule is CN=C(NCc1cccc(S(=O)(=O)NC)c1)NCC1Cc2ccccc2O1. The zero-order valence-electron chi connectivity index (χ0n) is 15.4. The molecular weight excluding hydrogens is 364 g/mol. The third-order valence-electron chi connectivity index (χ3n) is 4.37. The van der Waals surface area contributed by atoms with E-state index >= 15 is 0 Å². The lowest BCUT2D eigenvalue weighted by molar-refractivity contribution is 0.235. The number of hydrogen-bond acceptors (Lipinski definition) is 4. The largest absolute Gasteiger partial charge is 0.488 e. The van der Waals surface area contributed by atoms with Gasteiger partial charge in [0.05, 0.1) is 11.4 Å². The summed E-state index contributed by atoms with van der Waals surface area (Å²) >= 11 is 0.